The fourth-order valence-corrected chi connectivity index (χ4v) is 4.30. The SMILES string of the molecule is Cc1cc2c(cc1-c1cc(C=CC(=O)O)ccc1OCC(F)(F)F)N(C(C)C)C(=O)CC2(C)C. The Balaban J connectivity index is 2.23. The van der Waals surface area contributed by atoms with Crippen LogP contribution in [-0.4, -0.2) is 35.8 Å². The van der Waals surface area contributed by atoms with E-state index in [-0.39, 0.29) is 17.7 Å². The largest absolute Gasteiger partial charge is 0.483 e. The van der Waals surface area contributed by atoms with Crippen LogP contribution < -0.4 is 9.64 Å². The summed E-state index contributed by atoms with van der Waals surface area (Å²) in [6, 6.07) is 8.18. The summed E-state index contributed by atoms with van der Waals surface area (Å²) in [5.41, 5.74) is 3.59. The number of hydrogen-bond donors (Lipinski definition) is 1. The summed E-state index contributed by atoms with van der Waals surface area (Å²) in [4.78, 5) is 25.6. The van der Waals surface area contributed by atoms with Crippen molar-refractivity contribution in [1.82, 2.24) is 0 Å². The van der Waals surface area contributed by atoms with Crippen LogP contribution >= 0.6 is 0 Å². The van der Waals surface area contributed by atoms with Crippen LogP contribution in [0.25, 0.3) is 17.2 Å². The summed E-state index contributed by atoms with van der Waals surface area (Å²) in [5, 5.41) is 8.95. The van der Waals surface area contributed by atoms with Gasteiger partial charge >= 0.3 is 12.1 Å². The quantitative estimate of drug-likeness (QED) is 0.511. The third kappa shape index (κ3) is 5.43. The van der Waals surface area contributed by atoms with Gasteiger partial charge in [0.25, 0.3) is 0 Å². The first-order chi connectivity index (χ1) is 15.7. The molecule has 1 amide bonds. The molecule has 0 unspecified atom stereocenters. The number of benzene rings is 2. The number of rotatable bonds is 6. The number of aliphatic carboxylic acids is 1. The first-order valence-corrected chi connectivity index (χ1v) is 10.9. The normalized spacial score (nSPS) is 15.7. The number of amides is 1. The monoisotopic (exact) mass is 475 g/mol. The minimum Gasteiger partial charge on any atom is -0.483 e. The average molecular weight is 476 g/mol. The summed E-state index contributed by atoms with van der Waals surface area (Å²) >= 11 is 0. The summed E-state index contributed by atoms with van der Waals surface area (Å²) in [6.45, 7) is 8.21. The number of anilines is 1. The highest BCUT2D eigenvalue weighted by Gasteiger charge is 2.38. The van der Waals surface area contributed by atoms with E-state index in [0.29, 0.717) is 28.8 Å². The van der Waals surface area contributed by atoms with Crippen molar-refractivity contribution >= 4 is 23.6 Å². The number of ether oxygens (including phenoxy) is 1. The predicted molar refractivity (Wildman–Crippen MR) is 125 cm³/mol. The molecule has 8 heteroatoms. The highest BCUT2D eigenvalue weighted by molar-refractivity contribution is 5.99. The first kappa shape index (κ1) is 25.3. The summed E-state index contributed by atoms with van der Waals surface area (Å²) in [7, 11) is 0. The highest BCUT2D eigenvalue weighted by atomic mass is 19.4. The molecule has 182 valence electrons. The lowest BCUT2D eigenvalue weighted by molar-refractivity contribution is -0.153. The van der Waals surface area contributed by atoms with Crippen molar-refractivity contribution in [2.24, 2.45) is 0 Å². The van der Waals surface area contributed by atoms with Gasteiger partial charge in [0.15, 0.2) is 6.61 Å². The molecule has 5 nitrogen and oxygen atoms in total. The van der Waals surface area contributed by atoms with Crippen LogP contribution in [0.15, 0.2) is 36.4 Å². The van der Waals surface area contributed by atoms with Crippen molar-refractivity contribution in [2.45, 2.75) is 58.7 Å². The molecule has 34 heavy (non-hydrogen) atoms. The Morgan fingerprint density at radius 1 is 1.21 bits per heavy atom. The molecule has 0 aromatic heterocycles. The number of carboxylic acid groups (broad SMARTS) is 1. The smallest absolute Gasteiger partial charge is 0.422 e. The molecule has 3 rings (SSSR count). The van der Waals surface area contributed by atoms with Crippen molar-refractivity contribution in [2.75, 3.05) is 11.5 Å². The summed E-state index contributed by atoms with van der Waals surface area (Å²) < 4.78 is 43.8. The van der Waals surface area contributed by atoms with E-state index in [4.69, 9.17) is 9.84 Å². The zero-order valence-electron chi connectivity index (χ0n) is 19.8. The molecule has 0 aliphatic carbocycles. The van der Waals surface area contributed by atoms with Crippen LogP contribution in [0.1, 0.15) is 50.8 Å². The van der Waals surface area contributed by atoms with Gasteiger partial charge < -0.3 is 14.7 Å². The van der Waals surface area contributed by atoms with E-state index in [0.717, 1.165) is 17.2 Å². The van der Waals surface area contributed by atoms with Crippen LogP contribution in [0.3, 0.4) is 0 Å². The molecule has 0 saturated heterocycles. The maximum atomic E-state index is 12.9. The lowest BCUT2D eigenvalue weighted by Crippen LogP contribution is -2.45. The number of fused-ring (bicyclic) bond motifs is 1. The fourth-order valence-electron chi connectivity index (χ4n) is 4.30. The standard InChI is InChI=1S/C26H28F3NO4/c1-15(2)30-21-12-18(16(3)10-20(21)25(4,5)13-23(30)31)19-11-17(7-9-24(32)33)6-8-22(19)34-14-26(27,28)29/h6-12,15H,13-14H2,1-5H3,(H,32,33). The maximum absolute atomic E-state index is 12.9. The third-order valence-corrected chi connectivity index (χ3v) is 5.81. The first-order valence-electron chi connectivity index (χ1n) is 10.9. The Morgan fingerprint density at radius 3 is 2.47 bits per heavy atom. The minimum absolute atomic E-state index is 0.0188. The number of carbonyl (C=O) groups is 2. The topological polar surface area (TPSA) is 66.8 Å². The van der Waals surface area contributed by atoms with Gasteiger partial charge in [0.05, 0.1) is 0 Å². The zero-order valence-corrected chi connectivity index (χ0v) is 19.8. The molecule has 2 aromatic carbocycles. The number of halogens is 3. The van der Waals surface area contributed by atoms with Gasteiger partial charge in [-0.05, 0) is 67.3 Å². The van der Waals surface area contributed by atoms with E-state index in [2.05, 4.69) is 0 Å². The molecule has 0 fully saturated rings. The van der Waals surface area contributed by atoms with Crippen LogP contribution in [0, 0.1) is 6.92 Å². The molecule has 0 radical (unpaired) electrons. The Kier molecular flexibility index (Phi) is 6.82. The Bertz CT molecular complexity index is 1150. The van der Waals surface area contributed by atoms with Gasteiger partial charge in [-0.2, -0.15) is 13.2 Å². The van der Waals surface area contributed by atoms with Crippen molar-refractivity contribution in [1.29, 1.82) is 0 Å². The molecular formula is C26H28F3NO4. The van der Waals surface area contributed by atoms with E-state index in [1.54, 1.807) is 11.0 Å². The van der Waals surface area contributed by atoms with Crippen molar-refractivity contribution in [3.05, 3.63) is 53.1 Å². The molecule has 1 aliphatic heterocycles. The van der Waals surface area contributed by atoms with E-state index >= 15 is 0 Å². The Labute approximate surface area is 196 Å². The number of carbonyl (C=O) groups excluding carboxylic acids is 1. The lowest BCUT2D eigenvalue weighted by Gasteiger charge is -2.41. The Morgan fingerprint density at radius 2 is 1.88 bits per heavy atom. The molecule has 0 atom stereocenters. The Hall–Kier alpha value is -3.29. The minimum atomic E-state index is -4.52. The summed E-state index contributed by atoms with van der Waals surface area (Å²) in [6.07, 6.45) is -1.85. The second-order valence-electron chi connectivity index (χ2n) is 9.43. The highest BCUT2D eigenvalue weighted by Crippen LogP contribution is 2.45. The van der Waals surface area contributed by atoms with Crippen LogP contribution in [0.2, 0.25) is 0 Å². The number of carboxylic acids is 1. The van der Waals surface area contributed by atoms with Crippen molar-refractivity contribution in [3.8, 4) is 16.9 Å². The zero-order chi connectivity index (χ0) is 25.4. The lowest BCUT2D eigenvalue weighted by atomic mass is 9.75. The second kappa shape index (κ2) is 9.16. The fraction of sp³-hybridized carbons (Fsp3) is 0.385. The molecule has 1 aliphatic rings. The van der Waals surface area contributed by atoms with E-state index in [9.17, 15) is 22.8 Å². The second-order valence-corrected chi connectivity index (χ2v) is 9.43. The molecule has 1 N–H and O–H groups in total. The van der Waals surface area contributed by atoms with Gasteiger partial charge in [0, 0.05) is 35.2 Å². The predicted octanol–water partition coefficient (Wildman–Crippen LogP) is 6.12. The van der Waals surface area contributed by atoms with Gasteiger partial charge in [-0.15, -0.1) is 0 Å². The average Bonchev–Trinajstić information content (AvgIpc) is 2.70. The van der Waals surface area contributed by atoms with Crippen molar-refractivity contribution < 1.29 is 32.6 Å². The van der Waals surface area contributed by atoms with Crippen LogP contribution in [-0.2, 0) is 15.0 Å². The number of alkyl halides is 3. The molecule has 0 bridgehead atoms. The van der Waals surface area contributed by atoms with E-state index in [1.165, 1.54) is 18.2 Å². The molecular weight excluding hydrogens is 447 g/mol. The third-order valence-electron chi connectivity index (χ3n) is 5.81. The number of aryl methyl sites for hydroxylation is 1. The van der Waals surface area contributed by atoms with Crippen LogP contribution in [0.4, 0.5) is 18.9 Å². The van der Waals surface area contributed by atoms with Gasteiger partial charge in [-0.1, -0.05) is 26.0 Å². The van der Waals surface area contributed by atoms with E-state index < -0.39 is 24.2 Å². The van der Waals surface area contributed by atoms with Gasteiger partial charge in [-0.3, -0.25) is 4.79 Å². The van der Waals surface area contributed by atoms with E-state index in [1.807, 2.05) is 46.8 Å². The molecule has 2 aromatic rings. The van der Waals surface area contributed by atoms with Crippen molar-refractivity contribution in [3.63, 3.8) is 0 Å². The molecule has 0 spiro atoms. The van der Waals surface area contributed by atoms with Gasteiger partial charge in [-0.25, -0.2) is 4.79 Å². The molecule has 0 saturated carbocycles. The van der Waals surface area contributed by atoms with Crippen LogP contribution in [0.5, 0.6) is 5.75 Å². The number of hydrogen-bond acceptors (Lipinski definition) is 3. The molecule has 1 heterocycles. The number of nitrogens with zero attached hydrogens (tertiary/aromatic N) is 1. The maximum Gasteiger partial charge on any atom is 0.422 e. The van der Waals surface area contributed by atoms with Gasteiger partial charge in [0.1, 0.15) is 5.75 Å². The summed E-state index contributed by atoms with van der Waals surface area (Å²) in [5.74, 6) is -1.14. The van der Waals surface area contributed by atoms with Gasteiger partial charge in [0.2, 0.25) is 5.91 Å².